The summed E-state index contributed by atoms with van der Waals surface area (Å²) >= 11 is 1.55. The van der Waals surface area contributed by atoms with Crippen LogP contribution in [0, 0.1) is 0 Å². The minimum absolute atomic E-state index is 0.0628. The normalized spacial score (nSPS) is 10.7. The quantitative estimate of drug-likeness (QED) is 0.779. The van der Waals surface area contributed by atoms with E-state index in [-0.39, 0.29) is 30.2 Å². The summed E-state index contributed by atoms with van der Waals surface area (Å²) in [4.78, 5) is 12.6. The lowest BCUT2D eigenvalue weighted by Gasteiger charge is -2.02. The van der Waals surface area contributed by atoms with Crippen LogP contribution in [0.15, 0.2) is 49.6 Å². The van der Waals surface area contributed by atoms with Gasteiger partial charge in [0.25, 0.3) is 0 Å². The van der Waals surface area contributed by atoms with Gasteiger partial charge in [0.1, 0.15) is 30.9 Å². The number of rotatable bonds is 5. The van der Waals surface area contributed by atoms with Gasteiger partial charge in [0.05, 0.1) is 4.88 Å². The van der Waals surface area contributed by atoms with Crippen LogP contribution in [0.4, 0.5) is 0 Å². The highest BCUT2D eigenvalue weighted by Crippen LogP contribution is 2.25. The van der Waals surface area contributed by atoms with Gasteiger partial charge < -0.3 is 18.8 Å². The maximum atomic E-state index is 11.7. The topological polar surface area (TPSA) is 85.7 Å². The fourth-order valence-corrected chi connectivity index (χ4v) is 2.37. The molecule has 3 aromatic heterocycles. The molecule has 6 nitrogen and oxygen atoms in total. The molecule has 0 aromatic carbocycles. The predicted octanol–water partition coefficient (Wildman–Crippen LogP) is 2.43. The molecule has 21 heavy (non-hydrogen) atoms. The third kappa shape index (κ3) is 3.04. The minimum atomic E-state index is -0.354. The van der Waals surface area contributed by atoms with Crippen LogP contribution < -0.4 is 10.2 Å². The standard InChI is InChI=1S/C14H11NO5S/c16-6-10-5-11(17)13(8-18-10)19-7-9-4-12(20-15-9)14-2-1-3-21-14/h1-5,8,16H,6-7H2. The average molecular weight is 305 g/mol. The van der Waals surface area contributed by atoms with Crippen molar-refractivity contribution in [2.75, 3.05) is 0 Å². The summed E-state index contributed by atoms with van der Waals surface area (Å²) in [5.74, 6) is 0.910. The summed E-state index contributed by atoms with van der Waals surface area (Å²) in [6.45, 7) is -0.235. The van der Waals surface area contributed by atoms with Crippen molar-refractivity contribution in [3.8, 4) is 16.4 Å². The summed E-state index contributed by atoms with van der Waals surface area (Å²) in [6.07, 6.45) is 1.17. The molecular formula is C14H11NO5S. The molecule has 0 bridgehead atoms. The monoisotopic (exact) mass is 305 g/mol. The number of thiophene rings is 1. The number of hydrogen-bond donors (Lipinski definition) is 1. The van der Waals surface area contributed by atoms with Crippen molar-refractivity contribution < 1.29 is 18.8 Å². The third-order valence-corrected chi connectivity index (χ3v) is 3.59. The fraction of sp³-hybridized carbons (Fsp3) is 0.143. The van der Waals surface area contributed by atoms with Crippen LogP contribution in [0.5, 0.6) is 5.75 Å². The lowest BCUT2D eigenvalue weighted by atomic mass is 10.3. The van der Waals surface area contributed by atoms with Crippen molar-refractivity contribution >= 4 is 11.3 Å². The van der Waals surface area contributed by atoms with E-state index in [1.54, 1.807) is 17.4 Å². The van der Waals surface area contributed by atoms with E-state index in [1.807, 2.05) is 17.5 Å². The molecule has 1 N–H and O–H groups in total. The molecule has 0 aliphatic carbocycles. The van der Waals surface area contributed by atoms with Crippen molar-refractivity contribution in [1.29, 1.82) is 0 Å². The smallest absolute Gasteiger partial charge is 0.227 e. The van der Waals surface area contributed by atoms with Crippen LogP contribution in [0.2, 0.25) is 0 Å². The van der Waals surface area contributed by atoms with Gasteiger partial charge in [-0.05, 0) is 11.4 Å². The van der Waals surface area contributed by atoms with E-state index in [2.05, 4.69) is 5.16 Å². The maximum Gasteiger partial charge on any atom is 0.227 e. The van der Waals surface area contributed by atoms with Crippen molar-refractivity contribution in [2.24, 2.45) is 0 Å². The summed E-state index contributed by atoms with van der Waals surface area (Å²) in [5, 5.41) is 14.7. The first-order valence-electron chi connectivity index (χ1n) is 6.11. The molecule has 0 fully saturated rings. The van der Waals surface area contributed by atoms with E-state index in [1.165, 1.54) is 12.3 Å². The summed E-state index contributed by atoms with van der Waals surface area (Å²) in [7, 11) is 0. The first kappa shape index (κ1) is 13.6. The molecule has 7 heteroatoms. The molecule has 0 amide bonds. The van der Waals surface area contributed by atoms with Crippen molar-refractivity contribution in [1.82, 2.24) is 5.16 Å². The van der Waals surface area contributed by atoms with Crippen LogP contribution >= 0.6 is 11.3 Å². The Balaban J connectivity index is 1.69. The van der Waals surface area contributed by atoms with Crippen molar-refractivity contribution in [2.45, 2.75) is 13.2 Å². The van der Waals surface area contributed by atoms with Gasteiger partial charge in [0.2, 0.25) is 11.2 Å². The molecule has 3 heterocycles. The molecule has 108 valence electrons. The lowest BCUT2D eigenvalue weighted by molar-refractivity contribution is 0.234. The number of nitrogens with zero attached hydrogens (tertiary/aromatic N) is 1. The van der Waals surface area contributed by atoms with Crippen molar-refractivity contribution in [3.63, 3.8) is 0 Å². The second kappa shape index (κ2) is 5.94. The Bertz CT molecular complexity index is 775. The Morgan fingerprint density at radius 3 is 3.00 bits per heavy atom. The number of aliphatic hydroxyl groups excluding tert-OH is 1. The summed E-state index contributed by atoms with van der Waals surface area (Å²) < 4.78 is 15.6. The van der Waals surface area contributed by atoms with Crippen LogP contribution in [-0.2, 0) is 13.2 Å². The second-order valence-electron chi connectivity index (χ2n) is 4.18. The maximum absolute atomic E-state index is 11.7. The molecule has 0 radical (unpaired) electrons. The molecule has 0 spiro atoms. The van der Waals surface area contributed by atoms with Gasteiger partial charge in [0, 0.05) is 12.1 Å². The molecular weight excluding hydrogens is 294 g/mol. The van der Waals surface area contributed by atoms with E-state index >= 15 is 0 Å². The van der Waals surface area contributed by atoms with Gasteiger partial charge in [-0.15, -0.1) is 11.3 Å². The molecule has 3 aromatic rings. The Kier molecular flexibility index (Phi) is 3.85. The first-order valence-corrected chi connectivity index (χ1v) is 6.99. The highest BCUT2D eigenvalue weighted by atomic mass is 32.1. The zero-order valence-corrected chi connectivity index (χ0v) is 11.6. The first-order chi connectivity index (χ1) is 10.3. The van der Waals surface area contributed by atoms with Gasteiger partial charge in [0.15, 0.2) is 5.76 Å². The molecule has 0 aliphatic heterocycles. The van der Waals surface area contributed by atoms with Gasteiger partial charge in [-0.1, -0.05) is 11.2 Å². The number of aromatic nitrogens is 1. The number of aliphatic hydroxyl groups is 1. The Hall–Kier alpha value is -2.38. The Morgan fingerprint density at radius 1 is 1.38 bits per heavy atom. The van der Waals surface area contributed by atoms with Crippen LogP contribution in [-0.4, -0.2) is 10.3 Å². The number of ether oxygens (including phenoxy) is 1. The van der Waals surface area contributed by atoms with Gasteiger partial charge >= 0.3 is 0 Å². The molecule has 0 saturated heterocycles. The van der Waals surface area contributed by atoms with Crippen LogP contribution in [0.25, 0.3) is 10.6 Å². The highest BCUT2D eigenvalue weighted by Gasteiger charge is 2.10. The van der Waals surface area contributed by atoms with Crippen LogP contribution in [0.1, 0.15) is 11.5 Å². The van der Waals surface area contributed by atoms with E-state index in [4.69, 9.17) is 18.8 Å². The fourth-order valence-electron chi connectivity index (χ4n) is 1.69. The summed E-state index contributed by atoms with van der Waals surface area (Å²) in [6, 6.07) is 6.80. The van der Waals surface area contributed by atoms with Gasteiger partial charge in [-0.2, -0.15) is 0 Å². The van der Waals surface area contributed by atoms with Crippen LogP contribution in [0.3, 0.4) is 0 Å². The summed E-state index contributed by atoms with van der Waals surface area (Å²) in [5.41, 5.74) is 0.219. The van der Waals surface area contributed by atoms with E-state index in [0.29, 0.717) is 11.5 Å². The lowest BCUT2D eigenvalue weighted by Crippen LogP contribution is -2.08. The zero-order chi connectivity index (χ0) is 14.7. The molecule has 3 rings (SSSR count). The van der Waals surface area contributed by atoms with E-state index in [9.17, 15) is 4.79 Å². The molecule has 0 aliphatic rings. The predicted molar refractivity (Wildman–Crippen MR) is 75.0 cm³/mol. The highest BCUT2D eigenvalue weighted by molar-refractivity contribution is 7.13. The van der Waals surface area contributed by atoms with Gasteiger partial charge in [-0.25, -0.2) is 0 Å². The largest absolute Gasteiger partial charge is 0.480 e. The second-order valence-corrected chi connectivity index (χ2v) is 5.13. The Morgan fingerprint density at radius 2 is 2.29 bits per heavy atom. The van der Waals surface area contributed by atoms with Crippen molar-refractivity contribution in [3.05, 3.63) is 57.6 Å². The molecule has 0 unspecified atom stereocenters. The minimum Gasteiger partial charge on any atom is -0.480 e. The third-order valence-electron chi connectivity index (χ3n) is 2.71. The van der Waals surface area contributed by atoms with E-state index < -0.39 is 0 Å². The Labute approximate surface area is 123 Å². The molecule has 0 saturated carbocycles. The van der Waals surface area contributed by atoms with Gasteiger partial charge in [-0.3, -0.25) is 4.79 Å². The number of hydrogen-bond acceptors (Lipinski definition) is 7. The zero-order valence-electron chi connectivity index (χ0n) is 10.8. The molecule has 0 atom stereocenters. The SMILES string of the molecule is O=c1cc(CO)occ1OCc1cc(-c2cccs2)on1. The average Bonchev–Trinajstić information content (AvgIpc) is 3.16. The van der Waals surface area contributed by atoms with E-state index in [0.717, 1.165) is 4.88 Å².